The molecule has 1 saturated heterocycles. The Morgan fingerprint density at radius 3 is 2.57 bits per heavy atom. The second kappa shape index (κ2) is 4.08. The zero-order chi connectivity index (χ0) is 10.7. The quantitative estimate of drug-likeness (QED) is 0.400. The second-order valence-electron chi connectivity index (χ2n) is 3.03. The van der Waals surface area contributed by atoms with Crippen LogP contribution in [0.15, 0.2) is 0 Å². The Kier molecular flexibility index (Phi) is 3.06. The van der Waals surface area contributed by atoms with Gasteiger partial charge in [-0.05, 0) is 0 Å². The van der Waals surface area contributed by atoms with Gasteiger partial charge in [0.2, 0.25) is 0 Å². The molecule has 2 amide bonds. The lowest BCUT2D eigenvalue weighted by Crippen LogP contribution is -2.54. The number of methoxy groups -OCH3 is 1. The molecule has 0 atom stereocenters. The van der Waals surface area contributed by atoms with Crippen LogP contribution in [0.3, 0.4) is 0 Å². The summed E-state index contributed by atoms with van der Waals surface area (Å²) in [5, 5.41) is 0. The maximum absolute atomic E-state index is 11.3. The fraction of sp³-hybridized carbons (Fsp3) is 0.625. The number of carbonyl (C=O) groups excluding carboxylic acids is 3. The first-order valence-corrected chi connectivity index (χ1v) is 4.17. The highest BCUT2D eigenvalue weighted by Crippen LogP contribution is 2.02. The van der Waals surface area contributed by atoms with Crippen molar-refractivity contribution >= 4 is 17.8 Å². The maximum atomic E-state index is 11.3. The van der Waals surface area contributed by atoms with Crippen molar-refractivity contribution in [3.63, 3.8) is 0 Å². The van der Waals surface area contributed by atoms with Gasteiger partial charge in [-0.3, -0.25) is 14.4 Å². The van der Waals surface area contributed by atoms with Crippen molar-refractivity contribution in [2.75, 3.05) is 33.8 Å². The molecule has 0 aliphatic carbocycles. The van der Waals surface area contributed by atoms with Crippen molar-refractivity contribution in [1.82, 2.24) is 9.80 Å². The highest BCUT2D eigenvalue weighted by atomic mass is 16.5. The minimum Gasteiger partial charge on any atom is -0.468 e. The van der Waals surface area contributed by atoms with Crippen molar-refractivity contribution in [3.8, 4) is 0 Å². The van der Waals surface area contributed by atoms with Crippen LogP contribution >= 0.6 is 0 Å². The summed E-state index contributed by atoms with van der Waals surface area (Å²) in [5.41, 5.74) is 0. The average Bonchev–Trinajstić information content (AvgIpc) is 2.19. The first-order chi connectivity index (χ1) is 6.56. The Bertz CT molecular complexity index is 277. The molecule has 1 heterocycles. The SMILES string of the molecule is COC(=O)CN1CCN(C)C(=O)C1=O. The molecule has 6 heteroatoms. The predicted molar refractivity (Wildman–Crippen MR) is 46.2 cm³/mol. The molecule has 0 aromatic carbocycles. The van der Waals surface area contributed by atoms with E-state index in [4.69, 9.17) is 0 Å². The fourth-order valence-corrected chi connectivity index (χ4v) is 1.14. The minimum absolute atomic E-state index is 0.158. The molecule has 1 rings (SSSR count). The summed E-state index contributed by atoms with van der Waals surface area (Å²) in [6.45, 7) is 0.659. The van der Waals surface area contributed by atoms with Crippen LogP contribution in [0.2, 0.25) is 0 Å². The van der Waals surface area contributed by atoms with Crippen LogP contribution in [0, 0.1) is 0 Å². The number of hydrogen-bond donors (Lipinski definition) is 0. The molecule has 6 nitrogen and oxygen atoms in total. The van der Waals surface area contributed by atoms with Crippen LogP contribution in [0.25, 0.3) is 0 Å². The topological polar surface area (TPSA) is 66.9 Å². The largest absolute Gasteiger partial charge is 0.468 e. The third-order valence-corrected chi connectivity index (χ3v) is 2.07. The Morgan fingerprint density at radius 2 is 2.00 bits per heavy atom. The van der Waals surface area contributed by atoms with Gasteiger partial charge >= 0.3 is 17.8 Å². The number of carbonyl (C=O) groups is 3. The predicted octanol–water partition coefficient (Wildman–Crippen LogP) is -1.54. The summed E-state index contributed by atoms with van der Waals surface area (Å²) in [5.74, 6) is -1.75. The van der Waals surface area contributed by atoms with Gasteiger partial charge in [0.05, 0.1) is 7.11 Å². The molecule has 1 fully saturated rings. The van der Waals surface area contributed by atoms with E-state index < -0.39 is 17.8 Å². The van der Waals surface area contributed by atoms with Gasteiger partial charge in [0.25, 0.3) is 0 Å². The Labute approximate surface area is 81.4 Å². The summed E-state index contributed by atoms with van der Waals surface area (Å²) in [7, 11) is 2.79. The second-order valence-corrected chi connectivity index (χ2v) is 3.03. The van der Waals surface area contributed by atoms with E-state index in [0.717, 1.165) is 0 Å². The average molecular weight is 200 g/mol. The number of rotatable bonds is 2. The van der Waals surface area contributed by atoms with E-state index in [0.29, 0.717) is 13.1 Å². The van der Waals surface area contributed by atoms with E-state index in [9.17, 15) is 14.4 Å². The molecular weight excluding hydrogens is 188 g/mol. The van der Waals surface area contributed by atoms with Crippen LogP contribution in [-0.4, -0.2) is 61.4 Å². The van der Waals surface area contributed by atoms with Gasteiger partial charge in [-0.15, -0.1) is 0 Å². The number of nitrogens with zero attached hydrogens (tertiary/aromatic N) is 2. The lowest BCUT2D eigenvalue weighted by atomic mass is 10.3. The number of esters is 1. The summed E-state index contributed by atoms with van der Waals surface area (Å²) >= 11 is 0. The minimum atomic E-state index is -0.649. The highest BCUT2D eigenvalue weighted by molar-refractivity contribution is 6.35. The third-order valence-electron chi connectivity index (χ3n) is 2.07. The molecular formula is C8H12N2O4. The van der Waals surface area contributed by atoms with Gasteiger partial charge in [-0.25, -0.2) is 0 Å². The summed E-state index contributed by atoms with van der Waals surface area (Å²) in [6.07, 6.45) is 0. The van der Waals surface area contributed by atoms with Crippen LogP contribution < -0.4 is 0 Å². The fourth-order valence-electron chi connectivity index (χ4n) is 1.14. The molecule has 1 aliphatic rings. The zero-order valence-corrected chi connectivity index (χ0v) is 8.15. The highest BCUT2D eigenvalue weighted by Gasteiger charge is 2.31. The van der Waals surface area contributed by atoms with E-state index >= 15 is 0 Å². The number of piperazine rings is 1. The molecule has 0 radical (unpaired) electrons. The van der Waals surface area contributed by atoms with Crippen LogP contribution in [0.1, 0.15) is 0 Å². The summed E-state index contributed by atoms with van der Waals surface area (Å²) in [6, 6.07) is 0. The van der Waals surface area contributed by atoms with Gasteiger partial charge in [-0.2, -0.15) is 0 Å². The number of hydrogen-bond acceptors (Lipinski definition) is 4. The van der Waals surface area contributed by atoms with E-state index in [1.54, 1.807) is 7.05 Å². The lowest BCUT2D eigenvalue weighted by molar-refractivity contribution is -0.158. The standard InChI is InChI=1S/C8H12N2O4/c1-9-3-4-10(5-6(11)14-2)8(13)7(9)12/h3-5H2,1-2H3. The van der Waals surface area contributed by atoms with E-state index in [1.165, 1.54) is 16.9 Å². The van der Waals surface area contributed by atoms with Crippen molar-refractivity contribution in [1.29, 1.82) is 0 Å². The lowest BCUT2D eigenvalue weighted by Gasteiger charge is -2.30. The van der Waals surface area contributed by atoms with Crippen molar-refractivity contribution in [2.24, 2.45) is 0 Å². The molecule has 0 aromatic heterocycles. The van der Waals surface area contributed by atoms with Gasteiger partial charge in [0, 0.05) is 20.1 Å². The monoisotopic (exact) mass is 200 g/mol. The molecule has 0 aromatic rings. The third kappa shape index (κ3) is 2.01. The van der Waals surface area contributed by atoms with Crippen LogP contribution in [0.4, 0.5) is 0 Å². The van der Waals surface area contributed by atoms with Crippen molar-refractivity contribution < 1.29 is 19.1 Å². The molecule has 78 valence electrons. The van der Waals surface area contributed by atoms with Crippen molar-refractivity contribution in [2.45, 2.75) is 0 Å². The van der Waals surface area contributed by atoms with E-state index in [2.05, 4.69) is 4.74 Å². The molecule has 0 unspecified atom stereocenters. The maximum Gasteiger partial charge on any atom is 0.325 e. The number of likely N-dealkylation sites (N-methyl/N-ethyl adjacent to an activating group) is 1. The first kappa shape index (κ1) is 10.5. The van der Waals surface area contributed by atoms with Crippen molar-refractivity contribution in [3.05, 3.63) is 0 Å². The first-order valence-electron chi connectivity index (χ1n) is 4.17. The molecule has 14 heavy (non-hydrogen) atoms. The van der Waals surface area contributed by atoms with Gasteiger partial charge in [0.15, 0.2) is 0 Å². The molecule has 0 bridgehead atoms. The molecule has 0 spiro atoms. The van der Waals surface area contributed by atoms with Gasteiger partial charge in [0.1, 0.15) is 6.54 Å². The van der Waals surface area contributed by atoms with E-state index in [1.807, 2.05) is 0 Å². The Balaban J connectivity index is 2.60. The van der Waals surface area contributed by atoms with Gasteiger partial charge < -0.3 is 14.5 Å². The van der Waals surface area contributed by atoms with E-state index in [-0.39, 0.29) is 6.54 Å². The van der Waals surface area contributed by atoms with Crippen LogP contribution in [-0.2, 0) is 19.1 Å². The molecule has 0 N–H and O–H groups in total. The summed E-state index contributed by atoms with van der Waals surface area (Å²) < 4.78 is 4.41. The number of ether oxygens (including phenoxy) is 1. The molecule has 1 aliphatic heterocycles. The van der Waals surface area contributed by atoms with Crippen LogP contribution in [0.5, 0.6) is 0 Å². The zero-order valence-electron chi connectivity index (χ0n) is 8.15. The Morgan fingerprint density at radius 1 is 1.36 bits per heavy atom. The summed E-state index contributed by atoms with van der Waals surface area (Å²) in [4.78, 5) is 35.9. The van der Waals surface area contributed by atoms with Gasteiger partial charge in [-0.1, -0.05) is 0 Å². The molecule has 0 saturated carbocycles. The number of amides is 2. The normalized spacial score (nSPS) is 17.3. The Hall–Kier alpha value is -1.59. The smallest absolute Gasteiger partial charge is 0.325 e.